The summed E-state index contributed by atoms with van der Waals surface area (Å²) in [5.41, 5.74) is 0. The molecule has 1 rings (SSSR count). The van der Waals surface area contributed by atoms with Gasteiger partial charge in [0.2, 0.25) is 6.08 Å². The van der Waals surface area contributed by atoms with Gasteiger partial charge in [0.1, 0.15) is 0 Å². The topological polar surface area (TPSA) is 29.4 Å². The van der Waals surface area contributed by atoms with Gasteiger partial charge in [0.15, 0.2) is 0 Å². The van der Waals surface area contributed by atoms with Gasteiger partial charge in [-0.15, -0.1) is 0 Å². The minimum Gasteiger partial charge on any atom is -0.211 e. The van der Waals surface area contributed by atoms with Gasteiger partial charge in [-0.05, 0) is 18.8 Å². The number of hydrogen-bond donors (Lipinski definition) is 0. The summed E-state index contributed by atoms with van der Waals surface area (Å²) in [6, 6.07) is 0. The van der Waals surface area contributed by atoms with Crippen molar-refractivity contribution in [2.45, 2.75) is 64.2 Å². The molecule has 0 aromatic carbocycles. The molecule has 0 saturated heterocycles. The molecule has 1 aliphatic carbocycles. The van der Waals surface area contributed by atoms with Crippen molar-refractivity contribution in [3.05, 3.63) is 0 Å². The van der Waals surface area contributed by atoms with Gasteiger partial charge in [-0.2, -0.15) is 0 Å². The van der Waals surface area contributed by atoms with Gasteiger partial charge in [0, 0.05) is 0 Å². The van der Waals surface area contributed by atoms with Gasteiger partial charge in [-0.1, -0.05) is 51.4 Å². The van der Waals surface area contributed by atoms with Crippen molar-refractivity contribution in [3.8, 4) is 0 Å². The fraction of sp³-hybridized carbons (Fsp3) is 0.923. The van der Waals surface area contributed by atoms with Crippen LogP contribution in [0.1, 0.15) is 64.2 Å². The molecule has 0 bridgehead atoms. The van der Waals surface area contributed by atoms with Crippen LogP contribution in [-0.4, -0.2) is 12.6 Å². The molecule has 1 aliphatic rings. The lowest BCUT2D eigenvalue weighted by molar-refractivity contribution is 0.392. The van der Waals surface area contributed by atoms with Gasteiger partial charge in [-0.3, -0.25) is 0 Å². The molecule has 0 heterocycles. The van der Waals surface area contributed by atoms with Crippen LogP contribution in [0, 0.1) is 5.92 Å². The minimum absolute atomic E-state index is 0.681. The highest BCUT2D eigenvalue weighted by atomic mass is 16.1. The van der Waals surface area contributed by atoms with E-state index in [1.54, 1.807) is 6.08 Å². The van der Waals surface area contributed by atoms with E-state index < -0.39 is 0 Å². The second-order valence-corrected chi connectivity index (χ2v) is 4.68. The van der Waals surface area contributed by atoms with Crippen LogP contribution in [0.4, 0.5) is 0 Å². The third-order valence-corrected chi connectivity index (χ3v) is 3.42. The molecule has 0 amide bonds. The Balaban J connectivity index is 2.15. The molecule has 0 aromatic rings. The van der Waals surface area contributed by atoms with Gasteiger partial charge < -0.3 is 0 Å². The molecule has 0 spiro atoms. The van der Waals surface area contributed by atoms with Gasteiger partial charge in [0.25, 0.3) is 0 Å². The predicted molar refractivity (Wildman–Crippen MR) is 62.6 cm³/mol. The number of rotatable bonds is 4. The highest BCUT2D eigenvalue weighted by molar-refractivity contribution is 5.32. The summed E-state index contributed by atoms with van der Waals surface area (Å²) in [7, 11) is 0. The molecular formula is C13H23NO. The van der Waals surface area contributed by atoms with Crippen molar-refractivity contribution in [1.82, 2.24) is 0 Å². The summed E-state index contributed by atoms with van der Waals surface area (Å²) in [5.74, 6) is 0.893. The molecule has 0 atom stereocenters. The summed E-state index contributed by atoms with van der Waals surface area (Å²) in [6.07, 6.45) is 15.2. The number of nitrogens with zero attached hydrogens (tertiary/aromatic N) is 1. The van der Waals surface area contributed by atoms with Crippen molar-refractivity contribution in [2.24, 2.45) is 10.9 Å². The highest BCUT2D eigenvalue weighted by Gasteiger charge is 2.09. The molecule has 2 heteroatoms. The monoisotopic (exact) mass is 209 g/mol. The summed E-state index contributed by atoms with van der Waals surface area (Å²) in [6.45, 7) is 0.681. The molecule has 0 aliphatic heterocycles. The maximum atomic E-state index is 9.91. The number of aliphatic imine (C=N–C) groups is 1. The lowest BCUT2D eigenvalue weighted by atomic mass is 9.92. The Morgan fingerprint density at radius 1 is 1.00 bits per heavy atom. The van der Waals surface area contributed by atoms with Crippen molar-refractivity contribution in [1.29, 1.82) is 0 Å². The number of isocyanates is 1. The van der Waals surface area contributed by atoms with Crippen LogP contribution >= 0.6 is 0 Å². The lowest BCUT2D eigenvalue weighted by Gasteiger charge is -2.14. The Morgan fingerprint density at radius 3 is 2.20 bits per heavy atom. The third-order valence-electron chi connectivity index (χ3n) is 3.42. The molecule has 2 nitrogen and oxygen atoms in total. The zero-order valence-corrected chi connectivity index (χ0v) is 9.71. The summed E-state index contributed by atoms with van der Waals surface area (Å²) >= 11 is 0. The highest BCUT2D eigenvalue weighted by Crippen LogP contribution is 2.25. The fourth-order valence-electron chi connectivity index (χ4n) is 2.51. The minimum atomic E-state index is 0.681. The van der Waals surface area contributed by atoms with E-state index in [0.29, 0.717) is 6.54 Å². The standard InChI is InChI=1S/C13H23NO/c15-12-14-11-7-10-13-8-5-3-1-2-4-6-9-13/h13H,1-11H2. The van der Waals surface area contributed by atoms with E-state index in [-0.39, 0.29) is 0 Å². The summed E-state index contributed by atoms with van der Waals surface area (Å²) in [5, 5.41) is 0. The Labute approximate surface area is 93.2 Å². The van der Waals surface area contributed by atoms with Crippen LogP contribution in [0.2, 0.25) is 0 Å². The SMILES string of the molecule is O=C=NCCCC1CCCCCCCC1. The molecule has 0 aromatic heterocycles. The van der Waals surface area contributed by atoms with E-state index in [4.69, 9.17) is 0 Å². The number of hydrogen-bond acceptors (Lipinski definition) is 2. The first-order valence-corrected chi connectivity index (χ1v) is 6.47. The van der Waals surface area contributed by atoms with Gasteiger partial charge in [-0.25, -0.2) is 9.79 Å². The van der Waals surface area contributed by atoms with Gasteiger partial charge >= 0.3 is 0 Å². The maximum Gasteiger partial charge on any atom is 0.234 e. The van der Waals surface area contributed by atoms with Crippen LogP contribution in [0.3, 0.4) is 0 Å². The normalized spacial score (nSPS) is 19.7. The molecule has 1 fully saturated rings. The first kappa shape index (κ1) is 12.4. The third kappa shape index (κ3) is 6.46. The first-order valence-electron chi connectivity index (χ1n) is 6.47. The molecule has 0 radical (unpaired) electrons. The second kappa shape index (κ2) is 8.67. The molecule has 0 N–H and O–H groups in total. The van der Waals surface area contributed by atoms with E-state index in [1.807, 2.05) is 0 Å². The van der Waals surface area contributed by atoms with E-state index in [9.17, 15) is 4.79 Å². The predicted octanol–water partition coefficient (Wildman–Crippen LogP) is 3.85. The zero-order valence-electron chi connectivity index (χ0n) is 9.71. The number of carbonyl (C=O) groups excluding carboxylic acids is 1. The first-order chi connectivity index (χ1) is 7.43. The Kier molecular flexibility index (Phi) is 7.20. The average molecular weight is 209 g/mol. The van der Waals surface area contributed by atoms with Crippen LogP contribution in [-0.2, 0) is 4.79 Å². The van der Waals surface area contributed by atoms with Crippen molar-refractivity contribution in [2.75, 3.05) is 6.54 Å². The zero-order chi connectivity index (χ0) is 10.8. The Hall–Kier alpha value is -0.620. The van der Waals surface area contributed by atoms with Crippen LogP contribution in [0.25, 0.3) is 0 Å². The van der Waals surface area contributed by atoms with E-state index >= 15 is 0 Å². The molecule has 1 saturated carbocycles. The lowest BCUT2D eigenvalue weighted by Crippen LogP contribution is -2.01. The van der Waals surface area contributed by atoms with Crippen LogP contribution in [0.5, 0.6) is 0 Å². The van der Waals surface area contributed by atoms with Gasteiger partial charge in [0.05, 0.1) is 6.54 Å². The molecule has 86 valence electrons. The van der Waals surface area contributed by atoms with Crippen molar-refractivity contribution >= 4 is 6.08 Å². The van der Waals surface area contributed by atoms with Crippen molar-refractivity contribution < 1.29 is 4.79 Å². The van der Waals surface area contributed by atoms with E-state index in [0.717, 1.165) is 12.3 Å². The Bertz CT molecular complexity index is 187. The van der Waals surface area contributed by atoms with E-state index in [1.165, 1.54) is 57.8 Å². The Morgan fingerprint density at radius 2 is 1.60 bits per heavy atom. The molecular weight excluding hydrogens is 186 g/mol. The summed E-state index contributed by atoms with van der Waals surface area (Å²) < 4.78 is 0. The molecule has 15 heavy (non-hydrogen) atoms. The van der Waals surface area contributed by atoms with Crippen LogP contribution in [0.15, 0.2) is 4.99 Å². The smallest absolute Gasteiger partial charge is 0.211 e. The van der Waals surface area contributed by atoms with Crippen molar-refractivity contribution in [3.63, 3.8) is 0 Å². The molecule has 0 unspecified atom stereocenters. The van der Waals surface area contributed by atoms with Crippen LogP contribution < -0.4 is 0 Å². The fourth-order valence-corrected chi connectivity index (χ4v) is 2.51. The average Bonchev–Trinajstić information content (AvgIpc) is 2.38. The summed E-state index contributed by atoms with van der Waals surface area (Å²) in [4.78, 5) is 13.5. The maximum absolute atomic E-state index is 9.91. The largest absolute Gasteiger partial charge is 0.234 e. The quantitative estimate of drug-likeness (QED) is 0.393. The van der Waals surface area contributed by atoms with E-state index in [2.05, 4.69) is 4.99 Å². The second-order valence-electron chi connectivity index (χ2n) is 4.68.